The zero-order chi connectivity index (χ0) is 12.4. The van der Waals surface area contributed by atoms with E-state index in [0.29, 0.717) is 0 Å². The summed E-state index contributed by atoms with van der Waals surface area (Å²) in [6.45, 7) is 2.14. The van der Waals surface area contributed by atoms with Crippen molar-refractivity contribution in [2.24, 2.45) is 0 Å². The molecule has 18 heavy (non-hydrogen) atoms. The third-order valence-electron chi connectivity index (χ3n) is 3.18. The van der Waals surface area contributed by atoms with E-state index >= 15 is 0 Å². The molecule has 0 atom stereocenters. The number of aryl methyl sites for hydroxylation is 1. The van der Waals surface area contributed by atoms with E-state index in [0.717, 1.165) is 5.69 Å². The Kier molecular flexibility index (Phi) is 2.73. The summed E-state index contributed by atoms with van der Waals surface area (Å²) in [5.41, 5.74) is 3.58. The van der Waals surface area contributed by atoms with Gasteiger partial charge in [0.15, 0.2) is 0 Å². The lowest BCUT2D eigenvalue weighted by atomic mass is 10.0. The third kappa shape index (κ3) is 1.95. The fraction of sp³-hybridized carbons (Fsp3) is 0.0588. The first-order chi connectivity index (χ1) is 8.84. The lowest BCUT2D eigenvalue weighted by molar-refractivity contribution is 1.46. The van der Waals surface area contributed by atoms with Crippen molar-refractivity contribution in [3.8, 4) is 0 Å². The van der Waals surface area contributed by atoms with Gasteiger partial charge in [-0.25, -0.2) is 0 Å². The number of rotatable bonds is 2. The third-order valence-corrected chi connectivity index (χ3v) is 3.18. The maximum Gasteiger partial charge on any atom is 0.0493 e. The van der Waals surface area contributed by atoms with Crippen LogP contribution in [0.15, 0.2) is 66.7 Å². The lowest BCUT2D eigenvalue weighted by Crippen LogP contribution is -1.94. The number of hydrogen-bond donors (Lipinski definition) is 1. The first kappa shape index (κ1) is 10.8. The smallest absolute Gasteiger partial charge is 0.0493 e. The van der Waals surface area contributed by atoms with Crippen molar-refractivity contribution in [2.75, 3.05) is 5.32 Å². The Balaban J connectivity index is 2.13. The number of para-hydroxylation sites is 1. The molecule has 1 nitrogen and oxygen atoms in total. The van der Waals surface area contributed by atoms with Crippen LogP contribution in [0.1, 0.15) is 5.56 Å². The molecular weight excluding hydrogens is 218 g/mol. The number of benzene rings is 3. The van der Waals surface area contributed by atoms with Crippen LogP contribution in [0.3, 0.4) is 0 Å². The average molecular weight is 233 g/mol. The van der Waals surface area contributed by atoms with Crippen LogP contribution in [-0.2, 0) is 0 Å². The summed E-state index contributed by atoms with van der Waals surface area (Å²) in [7, 11) is 0. The summed E-state index contributed by atoms with van der Waals surface area (Å²) in [6, 6.07) is 23.1. The van der Waals surface area contributed by atoms with Crippen LogP contribution < -0.4 is 5.32 Å². The largest absolute Gasteiger partial charge is 0.355 e. The molecule has 1 heteroatoms. The van der Waals surface area contributed by atoms with Crippen LogP contribution in [0.25, 0.3) is 10.8 Å². The summed E-state index contributed by atoms with van der Waals surface area (Å²) in [5.74, 6) is 0. The highest BCUT2D eigenvalue weighted by molar-refractivity contribution is 5.96. The van der Waals surface area contributed by atoms with Crippen molar-refractivity contribution in [3.63, 3.8) is 0 Å². The van der Waals surface area contributed by atoms with Gasteiger partial charge in [0.1, 0.15) is 0 Å². The molecule has 1 N–H and O–H groups in total. The molecule has 3 aromatic carbocycles. The standard InChI is InChI=1S/C17H15N/c1-13-11-12-14-7-5-6-10-16(14)17(13)18-15-8-3-2-4-9-15/h2-12,18H,1H3. The first-order valence-electron chi connectivity index (χ1n) is 6.15. The normalized spacial score (nSPS) is 10.5. The molecule has 0 spiro atoms. The molecule has 3 rings (SSSR count). The number of nitrogens with one attached hydrogen (secondary N) is 1. The van der Waals surface area contributed by atoms with Gasteiger partial charge in [0, 0.05) is 16.8 Å². The second kappa shape index (κ2) is 4.53. The number of anilines is 2. The fourth-order valence-corrected chi connectivity index (χ4v) is 2.21. The highest BCUT2D eigenvalue weighted by Crippen LogP contribution is 2.29. The maximum absolute atomic E-state index is 3.52. The Bertz CT molecular complexity index is 672. The summed E-state index contributed by atoms with van der Waals surface area (Å²) in [6.07, 6.45) is 0. The van der Waals surface area contributed by atoms with Crippen LogP contribution in [0.5, 0.6) is 0 Å². The van der Waals surface area contributed by atoms with E-state index in [9.17, 15) is 0 Å². The highest BCUT2D eigenvalue weighted by atomic mass is 14.9. The van der Waals surface area contributed by atoms with Crippen LogP contribution in [0.2, 0.25) is 0 Å². The fourth-order valence-electron chi connectivity index (χ4n) is 2.21. The second-order valence-corrected chi connectivity index (χ2v) is 4.47. The van der Waals surface area contributed by atoms with E-state index in [1.165, 1.54) is 22.0 Å². The van der Waals surface area contributed by atoms with Crippen molar-refractivity contribution in [1.29, 1.82) is 0 Å². The quantitative estimate of drug-likeness (QED) is 0.664. The van der Waals surface area contributed by atoms with E-state index in [2.05, 4.69) is 60.8 Å². The molecule has 0 amide bonds. The van der Waals surface area contributed by atoms with E-state index in [4.69, 9.17) is 0 Å². The van der Waals surface area contributed by atoms with E-state index in [-0.39, 0.29) is 0 Å². The van der Waals surface area contributed by atoms with Crippen molar-refractivity contribution in [1.82, 2.24) is 0 Å². The zero-order valence-corrected chi connectivity index (χ0v) is 10.4. The molecule has 0 saturated heterocycles. The van der Waals surface area contributed by atoms with Gasteiger partial charge in [-0.15, -0.1) is 0 Å². The van der Waals surface area contributed by atoms with Gasteiger partial charge in [-0.05, 0) is 30.0 Å². The molecule has 88 valence electrons. The first-order valence-corrected chi connectivity index (χ1v) is 6.15. The molecule has 0 aliphatic heterocycles. The van der Waals surface area contributed by atoms with Crippen LogP contribution >= 0.6 is 0 Å². The van der Waals surface area contributed by atoms with Gasteiger partial charge < -0.3 is 5.32 Å². The monoisotopic (exact) mass is 233 g/mol. The van der Waals surface area contributed by atoms with E-state index in [1.54, 1.807) is 0 Å². The Hall–Kier alpha value is -2.28. The zero-order valence-electron chi connectivity index (χ0n) is 10.4. The van der Waals surface area contributed by atoms with Crippen LogP contribution in [0, 0.1) is 6.92 Å². The molecule has 0 bridgehead atoms. The minimum Gasteiger partial charge on any atom is -0.355 e. The molecule has 0 aliphatic rings. The van der Waals surface area contributed by atoms with Crippen molar-refractivity contribution < 1.29 is 0 Å². The Morgan fingerprint density at radius 2 is 1.44 bits per heavy atom. The lowest BCUT2D eigenvalue weighted by Gasteiger charge is -2.13. The summed E-state index contributed by atoms with van der Waals surface area (Å²) in [4.78, 5) is 0. The minimum atomic E-state index is 1.12. The highest BCUT2D eigenvalue weighted by Gasteiger charge is 2.04. The molecular formula is C17H15N. The Morgan fingerprint density at radius 1 is 0.722 bits per heavy atom. The van der Waals surface area contributed by atoms with Crippen LogP contribution in [0.4, 0.5) is 11.4 Å². The van der Waals surface area contributed by atoms with Crippen molar-refractivity contribution >= 4 is 22.1 Å². The molecule has 3 aromatic rings. The van der Waals surface area contributed by atoms with Gasteiger partial charge in [-0.3, -0.25) is 0 Å². The Labute approximate surface area is 107 Å². The molecule has 0 aliphatic carbocycles. The van der Waals surface area contributed by atoms with Gasteiger partial charge in [0.2, 0.25) is 0 Å². The van der Waals surface area contributed by atoms with Crippen molar-refractivity contribution in [2.45, 2.75) is 6.92 Å². The summed E-state index contributed by atoms with van der Waals surface area (Å²) in [5, 5.41) is 6.05. The maximum atomic E-state index is 3.52. The second-order valence-electron chi connectivity index (χ2n) is 4.47. The summed E-state index contributed by atoms with van der Waals surface area (Å²) >= 11 is 0. The predicted molar refractivity (Wildman–Crippen MR) is 78.4 cm³/mol. The van der Waals surface area contributed by atoms with Gasteiger partial charge >= 0.3 is 0 Å². The minimum absolute atomic E-state index is 1.12. The van der Waals surface area contributed by atoms with Gasteiger partial charge in [0.25, 0.3) is 0 Å². The molecule has 0 radical (unpaired) electrons. The van der Waals surface area contributed by atoms with Crippen LogP contribution in [-0.4, -0.2) is 0 Å². The molecule has 0 aromatic heterocycles. The number of hydrogen-bond acceptors (Lipinski definition) is 1. The van der Waals surface area contributed by atoms with Gasteiger partial charge in [-0.2, -0.15) is 0 Å². The van der Waals surface area contributed by atoms with Gasteiger partial charge in [0.05, 0.1) is 0 Å². The summed E-state index contributed by atoms with van der Waals surface area (Å²) < 4.78 is 0. The predicted octanol–water partition coefficient (Wildman–Crippen LogP) is 4.89. The topological polar surface area (TPSA) is 12.0 Å². The molecule has 0 fully saturated rings. The Morgan fingerprint density at radius 3 is 2.28 bits per heavy atom. The number of fused-ring (bicyclic) bond motifs is 1. The SMILES string of the molecule is Cc1ccc2ccccc2c1Nc1ccccc1. The van der Waals surface area contributed by atoms with E-state index < -0.39 is 0 Å². The van der Waals surface area contributed by atoms with E-state index in [1.807, 2.05) is 18.2 Å². The van der Waals surface area contributed by atoms with Crippen molar-refractivity contribution in [3.05, 3.63) is 72.3 Å². The molecule has 0 unspecified atom stereocenters. The average Bonchev–Trinajstić information content (AvgIpc) is 2.43. The van der Waals surface area contributed by atoms with Gasteiger partial charge in [-0.1, -0.05) is 54.6 Å². The molecule has 0 heterocycles. The molecule has 0 saturated carbocycles.